The largest absolute Gasteiger partial charge is 0.504 e. The lowest BCUT2D eigenvalue weighted by Crippen LogP contribution is -2.47. The summed E-state index contributed by atoms with van der Waals surface area (Å²) >= 11 is 0. The van der Waals surface area contributed by atoms with Gasteiger partial charge in [0.2, 0.25) is 0 Å². The van der Waals surface area contributed by atoms with Crippen molar-refractivity contribution in [3.8, 4) is 17.2 Å². The van der Waals surface area contributed by atoms with Crippen molar-refractivity contribution in [1.29, 1.82) is 0 Å². The van der Waals surface area contributed by atoms with Gasteiger partial charge >= 0.3 is 10.4 Å². The second-order valence-electron chi connectivity index (χ2n) is 10.8. The maximum atomic E-state index is 11.7. The third-order valence-corrected chi connectivity index (χ3v) is 8.88. The van der Waals surface area contributed by atoms with Crippen molar-refractivity contribution in [2.75, 3.05) is 12.3 Å². The first-order valence-electron chi connectivity index (χ1n) is 11.9. The summed E-state index contributed by atoms with van der Waals surface area (Å²) in [6.07, 6.45) is 7.76. The molecule has 36 heavy (non-hydrogen) atoms. The zero-order chi connectivity index (χ0) is 27.1. The van der Waals surface area contributed by atoms with Crippen LogP contribution in [0.3, 0.4) is 0 Å². The van der Waals surface area contributed by atoms with E-state index in [1.165, 1.54) is 0 Å². The molecule has 0 bridgehead atoms. The number of rotatable bonds is 7. The van der Waals surface area contributed by atoms with E-state index < -0.39 is 50.1 Å². The summed E-state index contributed by atoms with van der Waals surface area (Å²) in [4.78, 5) is 3.81. The van der Waals surface area contributed by atoms with E-state index in [1.54, 1.807) is 6.08 Å². The van der Waals surface area contributed by atoms with Gasteiger partial charge in [-0.2, -0.15) is 16.8 Å². The normalized spacial score (nSPS) is 27.8. The molecule has 10 nitrogen and oxygen atoms in total. The molecular weight excluding hydrogens is 510 g/mol. The average molecular weight is 546 g/mol. The first-order valence-corrected chi connectivity index (χ1v) is 14.8. The lowest BCUT2D eigenvalue weighted by atomic mass is 9.48. The molecule has 2 saturated carbocycles. The van der Waals surface area contributed by atoms with Gasteiger partial charge in [0.1, 0.15) is 0 Å². The average Bonchev–Trinajstić information content (AvgIpc) is 2.70. The fourth-order valence-corrected chi connectivity index (χ4v) is 6.95. The summed E-state index contributed by atoms with van der Waals surface area (Å²) < 4.78 is 68.5. The van der Waals surface area contributed by atoms with Gasteiger partial charge in [0.25, 0.3) is 10.1 Å². The van der Waals surface area contributed by atoms with Crippen LogP contribution in [-0.2, 0) is 20.5 Å². The highest BCUT2D eigenvalue weighted by atomic mass is 32.3. The molecule has 0 spiro atoms. The van der Waals surface area contributed by atoms with Crippen LogP contribution in [-0.4, -0.2) is 54.7 Å². The topological polar surface area (TPSA) is 171 Å². The molecule has 0 heterocycles. The lowest BCUT2D eigenvalue weighted by Gasteiger charge is -2.56. The third kappa shape index (κ3) is 6.21. The minimum absolute atomic E-state index is 0.113. The number of phenolic OH excluding ortho intramolecular Hbond substituents is 2. The van der Waals surface area contributed by atoms with Gasteiger partial charge in [0.15, 0.2) is 17.2 Å². The Kier molecular flexibility index (Phi) is 7.86. The lowest BCUT2D eigenvalue weighted by molar-refractivity contribution is -0.00534. The van der Waals surface area contributed by atoms with Gasteiger partial charge in [0.05, 0.1) is 17.9 Å². The molecule has 0 aromatic heterocycles. The van der Waals surface area contributed by atoms with E-state index >= 15 is 0 Å². The Morgan fingerprint density at radius 1 is 1.11 bits per heavy atom. The fourth-order valence-electron chi connectivity index (χ4n) is 6.22. The quantitative estimate of drug-likeness (QED) is 0.222. The smallest absolute Gasteiger partial charge is 0.446 e. The third-order valence-electron chi connectivity index (χ3n) is 7.80. The fraction of sp³-hybridized carbons (Fsp3) is 0.625. The van der Waals surface area contributed by atoms with Crippen LogP contribution in [0.4, 0.5) is 0 Å². The molecule has 2 fully saturated rings. The second kappa shape index (κ2) is 9.96. The molecule has 3 rings (SSSR count). The number of fused-ring (bicyclic) bond motifs is 1. The van der Waals surface area contributed by atoms with Crippen LogP contribution >= 0.6 is 0 Å². The molecular formula is C24H35NO9S2. The summed E-state index contributed by atoms with van der Waals surface area (Å²) in [5.41, 5.74) is 0.745. The van der Waals surface area contributed by atoms with Crippen molar-refractivity contribution in [3.63, 3.8) is 0 Å². The number of phenols is 2. The van der Waals surface area contributed by atoms with E-state index in [9.17, 15) is 31.6 Å². The van der Waals surface area contributed by atoms with Gasteiger partial charge in [-0.05, 0) is 54.4 Å². The van der Waals surface area contributed by atoms with Crippen molar-refractivity contribution >= 4 is 32.8 Å². The highest BCUT2D eigenvalue weighted by Crippen LogP contribution is 2.61. The second-order valence-corrected chi connectivity index (χ2v) is 13.4. The van der Waals surface area contributed by atoms with Crippen molar-refractivity contribution < 1.29 is 40.3 Å². The van der Waals surface area contributed by atoms with Crippen LogP contribution < -0.4 is 4.18 Å². The summed E-state index contributed by atoms with van der Waals surface area (Å²) in [6, 6.07) is 1.16. The van der Waals surface area contributed by atoms with E-state index in [0.29, 0.717) is 5.92 Å². The van der Waals surface area contributed by atoms with E-state index in [-0.39, 0.29) is 27.9 Å². The first kappa shape index (κ1) is 28.4. The number of benzene rings is 1. The van der Waals surface area contributed by atoms with Crippen LogP contribution in [0.1, 0.15) is 70.9 Å². The van der Waals surface area contributed by atoms with Crippen LogP contribution in [0.15, 0.2) is 16.6 Å². The monoisotopic (exact) mass is 545 g/mol. The molecule has 0 saturated heterocycles. The van der Waals surface area contributed by atoms with Gasteiger partial charge < -0.3 is 14.4 Å². The van der Waals surface area contributed by atoms with Crippen molar-refractivity contribution in [1.82, 2.24) is 0 Å². The standard InChI is InChI=1S/C24H35NO9S2/c1-15-6-7-20-23(2,3)8-5-9-24(20,4)18(15)12-16-13-19(26)21(27)17(22(16)34-36(31,32)33)14-25-10-11-35(28,29)30/h12-15,20,26-27H,5-11H2,1-4H3,(H,28,29,30)(H,31,32,33)/b18-12+,25-14?/t15-,20-,24+/m0/s1. The first-order chi connectivity index (χ1) is 16.4. The van der Waals surface area contributed by atoms with Crippen molar-refractivity contribution in [2.24, 2.45) is 27.7 Å². The Hall–Kier alpha value is -2.15. The molecule has 12 heteroatoms. The van der Waals surface area contributed by atoms with Gasteiger partial charge in [-0.3, -0.25) is 14.1 Å². The molecule has 1 aromatic carbocycles. The van der Waals surface area contributed by atoms with Crippen molar-refractivity contribution in [3.05, 3.63) is 22.8 Å². The van der Waals surface area contributed by atoms with E-state index in [2.05, 4.69) is 32.7 Å². The molecule has 2 aliphatic rings. The number of nitrogens with zero attached hydrogens (tertiary/aromatic N) is 1. The Morgan fingerprint density at radius 2 is 1.78 bits per heavy atom. The molecule has 2 aliphatic carbocycles. The van der Waals surface area contributed by atoms with E-state index in [1.807, 2.05) is 0 Å². The number of allylic oxidation sites excluding steroid dienone is 1. The molecule has 1 aromatic rings. The maximum Gasteiger partial charge on any atom is 0.446 e. The summed E-state index contributed by atoms with van der Waals surface area (Å²) in [7, 11) is -9.34. The number of hydrogen-bond donors (Lipinski definition) is 4. The Labute approximate surface area is 212 Å². The molecule has 0 amide bonds. The summed E-state index contributed by atoms with van der Waals surface area (Å²) in [6.45, 7) is 8.44. The molecule has 0 unspecified atom stereocenters. The Morgan fingerprint density at radius 3 is 2.39 bits per heavy atom. The SMILES string of the molecule is C[C@H]1CC[C@H]2C(C)(C)CCC[C@]2(C)/C1=C/c1cc(O)c(O)c(C=NCCS(=O)(=O)O)c1OS(=O)(=O)O. The number of hydrogen-bond acceptors (Lipinski definition) is 8. The summed E-state index contributed by atoms with van der Waals surface area (Å²) in [5, 5.41) is 20.9. The molecule has 0 radical (unpaired) electrons. The minimum Gasteiger partial charge on any atom is -0.504 e. The Bertz CT molecular complexity index is 1280. The number of aliphatic imine (C=N–C) groups is 1. The zero-order valence-corrected chi connectivity index (χ0v) is 22.6. The molecule has 202 valence electrons. The minimum atomic E-state index is -5.04. The van der Waals surface area contributed by atoms with Crippen LogP contribution in [0.25, 0.3) is 6.08 Å². The predicted molar refractivity (Wildman–Crippen MR) is 136 cm³/mol. The zero-order valence-electron chi connectivity index (χ0n) is 20.9. The van der Waals surface area contributed by atoms with Gasteiger partial charge in [0, 0.05) is 11.8 Å². The molecule has 0 aliphatic heterocycles. The van der Waals surface area contributed by atoms with Gasteiger partial charge in [-0.1, -0.05) is 45.8 Å². The van der Waals surface area contributed by atoms with Gasteiger partial charge in [-0.15, -0.1) is 0 Å². The van der Waals surface area contributed by atoms with Crippen LogP contribution in [0.5, 0.6) is 17.2 Å². The predicted octanol–water partition coefficient (Wildman–Crippen LogP) is 4.23. The van der Waals surface area contributed by atoms with Crippen LogP contribution in [0.2, 0.25) is 0 Å². The van der Waals surface area contributed by atoms with Crippen LogP contribution in [0, 0.1) is 22.7 Å². The highest BCUT2D eigenvalue weighted by molar-refractivity contribution is 7.85. The molecule has 3 atom stereocenters. The molecule has 4 N–H and O–H groups in total. The Balaban J connectivity index is 2.19. The summed E-state index contributed by atoms with van der Waals surface area (Å²) in [5.74, 6) is -1.95. The van der Waals surface area contributed by atoms with Gasteiger partial charge in [-0.25, -0.2) is 0 Å². The highest BCUT2D eigenvalue weighted by Gasteiger charge is 2.51. The van der Waals surface area contributed by atoms with Crippen molar-refractivity contribution in [2.45, 2.75) is 59.8 Å². The van der Waals surface area contributed by atoms with E-state index in [0.717, 1.165) is 50.0 Å². The number of aromatic hydroxyl groups is 2. The van der Waals surface area contributed by atoms with E-state index in [4.69, 9.17) is 8.74 Å². The maximum absolute atomic E-state index is 11.7.